The van der Waals surface area contributed by atoms with Crippen molar-refractivity contribution in [2.45, 2.75) is 20.3 Å². The number of nitrogens with one attached hydrogen (secondary N) is 1. The molecule has 100 valence electrons. The fourth-order valence-corrected chi connectivity index (χ4v) is 1.58. The Morgan fingerprint density at radius 2 is 2.26 bits per heavy atom. The maximum Gasteiger partial charge on any atom is 0.318 e. The highest BCUT2D eigenvalue weighted by molar-refractivity contribution is 6.02. The number of methoxy groups -OCH3 is 1. The lowest BCUT2D eigenvalue weighted by molar-refractivity contribution is 0.0995. The van der Waals surface area contributed by atoms with Crippen LogP contribution in [0, 0.1) is 6.92 Å². The van der Waals surface area contributed by atoms with Gasteiger partial charge in [-0.25, -0.2) is 9.97 Å². The number of amides is 1. The van der Waals surface area contributed by atoms with Gasteiger partial charge in [0.15, 0.2) is 6.39 Å². The van der Waals surface area contributed by atoms with Crippen molar-refractivity contribution in [1.82, 2.24) is 15.0 Å². The molecular formula is C12H14N4O3. The minimum Gasteiger partial charge on any atom is -0.467 e. The molecule has 0 fully saturated rings. The smallest absolute Gasteiger partial charge is 0.318 e. The second-order valence-corrected chi connectivity index (χ2v) is 3.82. The van der Waals surface area contributed by atoms with Crippen LogP contribution in [0.1, 0.15) is 28.9 Å². The van der Waals surface area contributed by atoms with Crippen molar-refractivity contribution in [2.24, 2.45) is 0 Å². The quantitative estimate of drug-likeness (QED) is 0.899. The third-order valence-corrected chi connectivity index (χ3v) is 2.44. The SMILES string of the molecule is CCc1ncoc1C(=O)Nc1cc(C)nc(OC)n1. The van der Waals surface area contributed by atoms with Gasteiger partial charge in [-0.05, 0) is 13.3 Å². The number of rotatable bonds is 4. The Morgan fingerprint density at radius 3 is 2.95 bits per heavy atom. The summed E-state index contributed by atoms with van der Waals surface area (Å²) in [5.74, 6) is 0.153. The summed E-state index contributed by atoms with van der Waals surface area (Å²) in [4.78, 5) is 24.0. The van der Waals surface area contributed by atoms with E-state index in [4.69, 9.17) is 9.15 Å². The fraction of sp³-hybridized carbons (Fsp3) is 0.333. The van der Waals surface area contributed by atoms with E-state index in [9.17, 15) is 4.79 Å². The number of carbonyl (C=O) groups excluding carboxylic acids is 1. The van der Waals surface area contributed by atoms with Crippen LogP contribution in [0.4, 0.5) is 5.82 Å². The normalized spacial score (nSPS) is 10.3. The Morgan fingerprint density at radius 1 is 1.47 bits per heavy atom. The van der Waals surface area contributed by atoms with Gasteiger partial charge in [-0.3, -0.25) is 4.79 Å². The molecule has 2 heterocycles. The van der Waals surface area contributed by atoms with E-state index in [1.165, 1.54) is 13.5 Å². The summed E-state index contributed by atoms with van der Waals surface area (Å²) in [6, 6.07) is 1.84. The van der Waals surface area contributed by atoms with Gasteiger partial charge in [0.2, 0.25) is 5.76 Å². The van der Waals surface area contributed by atoms with Crippen LogP contribution >= 0.6 is 0 Å². The van der Waals surface area contributed by atoms with Gasteiger partial charge in [-0.1, -0.05) is 6.92 Å². The van der Waals surface area contributed by atoms with Gasteiger partial charge in [0.25, 0.3) is 5.91 Å². The average molecular weight is 262 g/mol. The maximum absolute atomic E-state index is 12.0. The molecule has 2 aromatic heterocycles. The molecule has 1 amide bonds. The van der Waals surface area contributed by atoms with Crippen molar-refractivity contribution < 1.29 is 13.9 Å². The average Bonchev–Trinajstić information content (AvgIpc) is 2.86. The van der Waals surface area contributed by atoms with E-state index in [1.807, 2.05) is 6.92 Å². The standard InChI is InChI=1S/C12H14N4O3/c1-4-8-10(19-6-13-8)11(17)15-9-5-7(2)14-12(16-9)18-3/h5-6H,4H2,1-3H3,(H,14,15,16,17). The molecule has 0 atom stereocenters. The molecule has 0 radical (unpaired) electrons. The van der Waals surface area contributed by atoms with Crippen LogP contribution in [0.3, 0.4) is 0 Å². The van der Waals surface area contributed by atoms with Crippen molar-refractivity contribution in [3.8, 4) is 6.01 Å². The second-order valence-electron chi connectivity index (χ2n) is 3.82. The highest BCUT2D eigenvalue weighted by Gasteiger charge is 2.16. The summed E-state index contributed by atoms with van der Waals surface area (Å²) >= 11 is 0. The van der Waals surface area contributed by atoms with Crippen LogP contribution in [0.15, 0.2) is 16.9 Å². The minimum absolute atomic E-state index is 0.192. The molecule has 19 heavy (non-hydrogen) atoms. The van der Waals surface area contributed by atoms with Crippen LogP contribution < -0.4 is 10.1 Å². The van der Waals surface area contributed by atoms with Gasteiger partial charge in [0, 0.05) is 11.8 Å². The van der Waals surface area contributed by atoms with Gasteiger partial charge in [-0.2, -0.15) is 4.98 Å². The van der Waals surface area contributed by atoms with Crippen LogP contribution in [-0.4, -0.2) is 28.0 Å². The number of aromatic nitrogens is 3. The fourth-order valence-electron chi connectivity index (χ4n) is 1.58. The Hall–Kier alpha value is -2.44. The predicted octanol–water partition coefficient (Wildman–Crippen LogP) is 1.60. The van der Waals surface area contributed by atoms with Crippen LogP contribution in [-0.2, 0) is 6.42 Å². The molecular weight excluding hydrogens is 248 g/mol. The first-order chi connectivity index (χ1) is 9.13. The van der Waals surface area contributed by atoms with E-state index in [2.05, 4.69) is 20.3 Å². The minimum atomic E-state index is -0.394. The van der Waals surface area contributed by atoms with E-state index >= 15 is 0 Å². The molecule has 7 nitrogen and oxygen atoms in total. The number of nitrogens with zero attached hydrogens (tertiary/aromatic N) is 3. The van der Waals surface area contributed by atoms with Gasteiger partial charge in [0.05, 0.1) is 12.8 Å². The first-order valence-electron chi connectivity index (χ1n) is 5.77. The third-order valence-electron chi connectivity index (χ3n) is 2.44. The molecule has 7 heteroatoms. The largest absolute Gasteiger partial charge is 0.467 e. The van der Waals surface area contributed by atoms with Crippen LogP contribution in [0.5, 0.6) is 6.01 Å². The molecule has 2 rings (SSSR count). The van der Waals surface area contributed by atoms with Gasteiger partial charge in [-0.15, -0.1) is 0 Å². The molecule has 0 aliphatic carbocycles. The summed E-state index contributed by atoms with van der Waals surface area (Å²) in [5, 5.41) is 2.63. The molecule has 0 aromatic carbocycles. The number of oxazole rings is 1. The van der Waals surface area contributed by atoms with Gasteiger partial charge in [0.1, 0.15) is 5.82 Å². The lowest BCUT2D eigenvalue weighted by Gasteiger charge is -2.05. The van der Waals surface area contributed by atoms with Crippen LogP contribution in [0.25, 0.3) is 0 Å². The van der Waals surface area contributed by atoms with Crippen molar-refractivity contribution in [3.05, 3.63) is 29.6 Å². The molecule has 0 aliphatic heterocycles. The van der Waals surface area contributed by atoms with Crippen molar-refractivity contribution in [3.63, 3.8) is 0 Å². The predicted molar refractivity (Wildman–Crippen MR) is 67.2 cm³/mol. The zero-order valence-corrected chi connectivity index (χ0v) is 10.9. The molecule has 0 bridgehead atoms. The number of ether oxygens (including phenoxy) is 1. The Balaban J connectivity index is 2.21. The van der Waals surface area contributed by atoms with Gasteiger partial charge < -0.3 is 14.5 Å². The second kappa shape index (κ2) is 5.47. The summed E-state index contributed by atoms with van der Waals surface area (Å²) in [6.07, 6.45) is 1.87. The molecule has 0 aliphatic rings. The monoisotopic (exact) mass is 262 g/mol. The summed E-state index contributed by atoms with van der Waals surface area (Å²) in [7, 11) is 1.46. The molecule has 0 unspecified atom stereocenters. The molecule has 0 saturated heterocycles. The van der Waals surface area contributed by atoms with E-state index < -0.39 is 5.91 Å². The number of carbonyl (C=O) groups is 1. The highest BCUT2D eigenvalue weighted by Crippen LogP contribution is 2.14. The zero-order chi connectivity index (χ0) is 13.8. The zero-order valence-electron chi connectivity index (χ0n) is 10.9. The Labute approximate surface area is 110 Å². The summed E-state index contributed by atoms with van der Waals surface area (Å²) < 4.78 is 10.0. The number of hydrogen-bond acceptors (Lipinski definition) is 6. The lowest BCUT2D eigenvalue weighted by atomic mass is 10.2. The van der Waals surface area contributed by atoms with E-state index in [1.54, 1.807) is 13.0 Å². The highest BCUT2D eigenvalue weighted by atomic mass is 16.5. The number of aryl methyl sites for hydroxylation is 2. The van der Waals surface area contributed by atoms with E-state index in [0.717, 1.165) is 0 Å². The first-order valence-corrected chi connectivity index (χ1v) is 5.77. The Bertz CT molecular complexity index is 594. The maximum atomic E-state index is 12.0. The van der Waals surface area contributed by atoms with Crippen LogP contribution in [0.2, 0.25) is 0 Å². The third kappa shape index (κ3) is 2.87. The topological polar surface area (TPSA) is 90.1 Å². The number of anilines is 1. The molecule has 0 spiro atoms. The number of hydrogen-bond donors (Lipinski definition) is 1. The van der Waals surface area contributed by atoms with Crippen molar-refractivity contribution in [2.75, 3.05) is 12.4 Å². The Kier molecular flexibility index (Phi) is 3.74. The summed E-state index contributed by atoms with van der Waals surface area (Å²) in [5.41, 5.74) is 1.30. The van der Waals surface area contributed by atoms with Gasteiger partial charge >= 0.3 is 6.01 Å². The van der Waals surface area contributed by atoms with E-state index in [0.29, 0.717) is 23.6 Å². The molecule has 1 N–H and O–H groups in total. The van der Waals surface area contributed by atoms with Crippen molar-refractivity contribution in [1.29, 1.82) is 0 Å². The van der Waals surface area contributed by atoms with Crippen molar-refractivity contribution >= 4 is 11.7 Å². The molecule has 0 saturated carbocycles. The van der Waals surface area contributed by atoms with E-state index in [-0.39, 0.29) is 11.8 Å². The molecule has 2 aromatic rings. The lowest BCUT2D eigenvalue weighted by Crippen LogP contribution is -2.14. The summed E-state index contributed by atoms with van der Waals surface area (Å²) in [6.45, 7) is 3.68. The first kappa shape index (κ1) is 13.0.